The number of nitrogens with one attached hydrogen (secondary N) is 3. The number of H-pyrrole nitrogens is 1. The van der Waals surface area contributed by atoms with Gasteiger partial charge in [-0.25, -0.2) is 10.1 Å². The third kappa shape index (κ3) is 6.33. The second-order valence-electron chi connectivity index (χ2n) is 9.83. The Morgan fingerprint density at radius 3 is 2.64 bits per heavy atom. The molecule has 3 N–H and O–H groups in total. The van der Waals surface area contributed by atoms with Crippen LogP contribution in [0, 0.1) is 6.92 Å². The van der Waals surface area contributed by atoms with Crippen molar-refractivity contribution in [3.8, 4) is 0 Å². The van der Waals surface area contributed by atoms with E-state index in [1.807, 2.05) is 19.1 Å². The molecule has 2 aliphatic rings. The number of aliphatic imine (C=N–C) groups is 1. The Hall–Kier alpha value is -4.48. The fourth-order valence-corrected chi connectivity index (χ4v) is 4.88. The number of hydrogen-bond donors (Lipinski definition) is 3. The van der Waals surface area contributed by atoms with Crippen molar-refractivity contribution in [3.05, 3.63) is 58.2 Å². The van der Waals surface area contributed by atoms with Crippen molar-refractivity contribution in [1.82, 2.24) is 25.3 Å². The van der Waals surface area contributed by atoms with Crippen LogP contribution in [0.4, 0.5) is 5.69 Å². The Balaban J connectivity index is 1.40. The highest BCUT2D eigenvalue weighted by molar-refractivity contribution is 6.10. The smallest absolute Gasteiger partial charge is 0.278 e. The van der Waals surface area contributed by atoms with Crippen LogP contribution in [0.25, 0.3) is 11.0 Å². The molecule has 0 unspecified atom stereocenters. The van der Waals surface area contributed by atoms with Crippen molar-refractivity contribution in [2.75, 3.05) is 31.5 Å². The number of guanidine groups is 1. The van der Waals surface area contributed by atoms with Gasteiger partial charge < -0.3 is 19.5 Å². The minimum atomic E-state index is -0.787. The number of fused-ring (bicyclic) bond motifs is 1. The highest BCUT2D eigenvalue weighted by Crippen LogP contribution is 2.23. The van der Waals surface area contributed by atoms with E-state index < -0.39 is 17.5 Å². The first-order valence-corrected chi connectivity index (χ1v) is 13.1. The number of carbonyl (C=O) groups excluding carboxylic acids is 3. The standard InChI is InChI=1S/C27H31N7O5/c1-17-14-18-15-19(7-9-22(18)39-17)28-27(30-25(37)20-8-10-23(35)32-31-20)29-21-6-2-3-13-34(26(21)38)16-24(36)33-11-4-5-12-33/h7-10,14-15,21H,2-6,11-13,16H2,1H3,(H,32,35)(H2,28,29,30,37)/t21-/m0/s1. The van der Waals surface area contributed by atoms with Crippen LogP contribution < -0.4 is 16.2 Å². The lowest BCUT2D eigenvalue weighted by atomic mass is 10.1. The van der Waals surface area contributed by atoms with E-state index in [2.05, 4.69) is 25.8 Å². The van der Waals surface area contributed by atoms with Crippen LogP contribution in [0.15, 0.2) is 50.6 Å². The van der Waals surface area contributed by atoms with E-state index in [-0.39, 0.29) is 30.0 Å². The maximum atomic E-state index is 13.5. The molecule has 3 aromatic rings. The minimum Gasteiger partial charge on any atom is -0.461 e. The number of amides is 3. The normalized spacial score (nSPS) is 18.3. The van der Waals surface area contributed by atoms with Crippen molar-refractivity contribution < 1.29 is 18.8 Å². The SMILES string of the molecule is Cc1cc2cc(NC(=N[C@H]3CCCCN(CC(=O)N4CCCC4)C3=O)NC(=O)c3ccc(=O)[nH]n3)ccc2o1. The number of aromatic nitrogens is 2. The maximum Gasteiger partial charge on any atom is 0.278 e. The largest absolute Gasteiger partial charge is 0.461 e. The number of benzene rings is 1. The van der Waals surface area contributed by atoms with Gasteiger partial charge in [-0.05, 0) is 69.4 Å². The Bertz CT molecular complexity index is 1450. The molecule has 0 aliphatic carbocycles. The Morgan fingerprint density at radius 2 is 1.87 bits per heavy atom. The average Bonchev–Trinajstić information content (AvgIpc) is 3.55. The molecule has 0 radical (unpaired) electrons. The monoisotopic (exact) mass is 533 g/mol. The second-order valence-corrected chi connectivity index (χ2v) is 9.83. The molecule has 1 atom stereocenters. The summed E-state index contributed by atoms with van der Waals surface area (Å²) in [6, 6.07) is 9.04. The van der Waals surface area contributed by atoms with Gasteiger partial charge in [-0.1, -0.05) is 0 Å². The van der Waals surface area contributed by atoms with Crippen LogP contribution in [0.1, 0.15) is 48.4 Å². The third-order valence-electron chi connectivity index (χ3n) is 6.87. The molecule has 2 saturated heterocycles. The van der Waals surface area contributed by atoms with E-state index in [0.717, 1.165) is 55.5 Å². The summed E-state index contributed by atoms with van der Waals surface area (Å²) in [5.74, 6) is -0.0960. The summed E-state index contributed by atoms with van der Waals surface area (Å²) in [6.07, 6.45) is 3.95. The van der Waals surface area contributed by atoms with Gasteiger partial charge in [0.15, 0.2) is 0 Å². The Morgan fingerprint density at radius 1 is 1.08 bits per heavy atom. The van der Waals surface area contributed by atoms with Gasteiger partial charge in [0.25, 0.3) is 11.5 Å². The lowest BCUT2D eigenvalue weighted by Gasteiger charge is -2.25. The van der Waals surface area contributed by atoms with E-state index in [4.69, 9.17) is 4.42 Å². The molecular formula is C27H31N7O5. The summed E-state index contributed by atoms with van der Waals surface area (Å²) in [6.45, 7) is 3.81. The molecule has 0 saturated carbocycles. The summed E-state index contributed by atoms with van der Waals surface area (Å²) in [7, 11) is 0. The van der Waals surface area contributed by atoms with Gasteiger partial charge >= 0.3 is 0 Å². The van der Waals surface area contributed by atoms with Crippen LogP contribution in [0.3, 0.4) is 0 Å². The quantitative estimate of drug-likeness (QED) is 0.335. The molecule has 0 bridgehead atoms. The van der Waals surface area contributed by atoms with Gasteiger partial charge in [0, 0.05) is 36.8 Å². The predicted molar refractivity (Wildman–Crippen MR) is 144 cm³/mol. The molecule has 39 heavy (non-hydrogen) atoms. The number of rotatable bonds is 5. The molecule has 1 aromatic carbocycles. The number of aromatic amines is 1. The summed E-state index contributed by atoms with van der Waals surface area (Å²) in [5, 5.41) is 12.7. The van der Waals surface area contributed by atoms with Gasteiger partial charge in [0.05, 0.1) is 6.54 Å². The van der Waals surface area contributed by atoms with E-state index in [0.29, 0.717) is 18.7 Å². The van der Waals surface area contributed by atoms with Crippen molar-refractivity contribution >= 4 is 40.3 Å². The lowest BCUT2D eigenvalue weighted by molar-refractivity contribution is -0.140. The van der Waals surface area contributed by atoms with Gasteiger partial charge in [-0.15, -0.1) is 0 Å². The highest BCUT2D eigenvalue weighted by Gasteiger charge is 2.30. The molecule has 2 aromatic heterocycles. The minimum absolute atomic E-state index is 0.0185. The van der Waals surface area contributed by atoms with Crippen LogP contribution in [0.2, 0.25) is 0 Å². The molecule has 2 aliphatic heterocycles. The van der Waals surface area contributed by atoms with Crippen LogP contribution in [0.5, 0.6) is 0 Å². The van der Waals surface area contributed by atoms with E-state index in [9.17, 15) is 19.2 Å². The number of aryl methyl sites for hydroxylation is 1. The predicted octanol–water partition coefficient (Wildman–Crippen LogP) is 2.03. The lowest BCUT2D eigenvalue weighted by Crippen LogP contribution is -2.45. The van der Waals surface area contributed by atoms with Crippen LogP contribution in [-0.4, -0.2) is 75.9 Å². The van der Waals surface area contributed by atoms with E-state index in [1.165, 1.54) is 12.1 Å². The van der Waals surface area contributed by atoms with Crippen molar-refractivity contribution in [2.45, 2.75) is 45.1 Å². The Kier molecular flexibility index (Phi) is 7.71. The number of nitrogens with zero attached hydrogens (tertiary/aromatic N) is 4. The molecule has 204 valence electrons. The van der Waals surface area contributed by atoms with Crippen molar-refractivity contribution in [2.24, 2.45) is 4.99 Å². The number of hydrogen-bond acceptors (Lipinski definition) is 7. The number of likely N-dealkylation sites (tertiary alicyclic amines) is 2. The van der Waals surface area contributed by atoms with Crippen LogP contribution >= 0.6 is 0 Å². The fourth-order valence-electron chi connectivity index (χ4n) is 4.88. The average molecular weight is 534 g/mol. The topological polar surface area (TPSA) is 153 Å². The summed E-state index contributed by atoms with van der Waals surface area (Å²) in [5.41, 5.74) is 0.888. The first-order valence-electron chi connectivity index (χ1n) is 13.1. The molecule has 4 heterocycles. The number of carbonyl (C=O) groups is 3. The zero-order valence-corrected chi connectivity index (χ0v) is 21.7. The first-order chi connectivity index (χ1) is 18.9. The van der Waals surface area contributed by atoms with Gasteiger partial charge in [0.1, 0.15) is 23.1 Å². The summed E-state index contributed by atoms with van der Waals surface area (Å²) < 4.78 is 5.64. The highest BCUT2D eigenvalue weighted by atomic mass is 16.3. The van der Waals surface area contributed by atoms with Gasteiger partial charge in [0.2, 0.25) is 17.8 Å². The second kappa shape index (κ2) is 11.5. The number of furan rings is 1. The van der Waals surface area contributed by atoms with Crippen molar-refractivity contribution in [1.29, 1.82) is 0 Å². The molecule has 3 amide bonds. The molecule has 5 rings (SSSR count). The molecule has 12 nitrogen and oxygen atoms in total. The maximum absolute atomic E-state index is 13.5. The summed E-state index contributed by atoms with van der Waals surface area (Å²) >= 11 is 0. The zero-order chi connectivity index (χ0) is 27.4. The molecule has 0 spiro atoms. The fraction of sp³-hybridized carbons (Fsp3) is 0.407. The van der Waals surface area contributed by atoms with Gasteiger partial charge in [-0.2, -0.15) is 5.10 Å². The zero-order valence-electron chi connectivity index (χ0n) is 21.7. The van der Waals surface area contributed by atoms with Crippen LogP contribution in [-0.2, 0) is 9.59 Å². The van der Waals surface area contributed by atoms with E-state index >= 15 is 0 Å². The molecule has 2 fully saturated rings. The van der Waals surface area contributed by atoms with E-state index in [1.54, 1.807) is 21.9 Å². The molecular weight excluding hydrogens is 502 g/mol. The molecule has 12 heteroatoms. The van der Waals surface area contributed by atoms with Crippen molar-refractivity contribution in [3.63, 3.8) is 0 Å². The number of anilines is 1. The van der Waals surface area contributed by atoms with Gasteiger partial charge in [-0.3, -0.25) is 24.5 Å². The first kappa shape index (κ1) is 26.1. The summed E-state index contributed by atoms with van der Waals surface area (Å²) in [4.78, 5) is 58.6. The third-order valence-corrected chi connectivity index (χ3v) is 6.87. The Labute approximate surface area is 224 Å².